The van der Waals surface area contributed by atoms with Gasteiger partial charge in [0.1, 0.15) is 5.82 Å². The zero-order chi connectivity index (χ0) is 16.4. The molecule has 6 nitrogen and oxygen atoms in total. The van der Waals surface area contributed by atoms with Crippen molar-refractivity contribution in [3.63, 3.8) is 0 Å². The fourth-order valence-corrected chi connectivity index (χ4v) is 2.91. The van der Waals surface area contributed by atoms with Gasteiger partial charge in [-0.05, 0) is 41.8 Å². The highest BCUT2D eigenvalue weighted by Gasteiger charge is 2.23. The quantitative estimate of drug-likeness (QED) is 0.930. The molecule has 2 N–H and O–H groups in total. The Morgan fingerprint density at radius 2 is 1.91 bits per heavy atom. The lowest BCUT2D eigenvalue weighted by Crippen LogP contribution is -2.33. The van der Waals surface area contributed by atoms with Gasteiger partial charge in [0.2, 0.25) is 0 Å². The highest BCUT2D eigenvalue weighted by Crippen LogP contribution is 2.34. The van der Waals surface area contributed by atoms with Crippen molar-refractivity contribution in [2.45, 2.75) is 13.0 Å². The maximum absolute atomic E-state index is 11.6. The number of benzene rings is 1. The molecule has 2 aromatic rings. The van der Waals surface area contributed by atoms with E-state index in [9.17, 15) is 4.79 Å². The molecule has 1 amide bonds. The number of pyridine rings is 1. The fourth-order valence-electron chi connectivity index (χ4n) is 2.91. The Morgan fingerprint density at radius 3 is 2.57 bits per heavy atom. The first-order valence-electron chi connectivity index (χ1n) is 7.37. The first-order valence-corrected chi connectivity index (χ1v) is 7.37. The lowest BCUT2D eigenvalue weighted by atomic mass is 9.98. The number of ether oxygens (including phenoxy) is 2. The van der Waals surface area contributed by atoms with Gasteiger partial charge >= 0.3 is 0 Å². The van der Waals surface area contributed by atoms with E-state index in [-0.39, 0.29) is 0 Å². The number of nitrogens with zero attached hydrogens (tertiary/aromatic N) is 2. The summed E-state index contributed by atoms with van der Waals surface area (Å²) in [7, 11) is 3.25. The number of hydrogen-bond acceptors (Lipinski definition) is 5. The second kappa shape index (κ2) is 6.16. The second-order valence-corrected chi connectivity index (χ2v) is 5.39. The van der Waals surface area contributed by atoms with Crippen molar-refractivity contribution in [2.75, 3.05) is 25.7 Å². The summed E-state index contributed by atoms with van der Waals surface area (Å²) < 4.78 is 10.7. The molecule has 0 saturated carbocycles. The molecule has 0 fully saturated rings. The Hall–Kier alpha value is -2.76. The number of carbonyl (C=O) groups excluding carboxylic acids is 1. The van der Waals surface area contributed by atoms with Gasteiger partial charge < -0.3 is 20.1 Å². The van der Waals surface area contributed by atoms with Gasteiger partial charge in [0.15, 0.2) is 11.5 Å². The van der Waals surface area contributed by atoms with E-state index in [2.05, 4.69) is 9.88 Å². The van der Waals surface area contributed by atoms with Crippen LogP contribution in [-0.2, 0) is 13.0 Å². The van der Waals surface area contributed by atoms with Crippen LogP contribution in [-0.4, -0.2) is 31.7 Å². The van der Waals surface area contributed by atoms with Gasteiger partial charge in [0, 0.05) is 19.3 Å². The normalized spacial score (nSPS) is 13.4. The van der Waals surface area contributed by atoms with Crippen LogP contribution in [0.25, 0.3) is 0 Å². The summed E-state index contributed by atoms with van der Waals surface area (Å²) in [4.78, 5) is 18.0. The Labute approximate surface area is 134 Å². The van der Waals surface area contributed by atoms with Gasteiger partial charge in [-0.1, -0.05) is 0 Å². The summed E-state index contributed by atoms with van der Waals surface area (Å²) in [6.45, 7) is 1.41. The molecular weight excluding hydrogens is 294 g/mol. The SMILES string of the molecule is COc1cc2c(cc1OC)CN(c1ncccc1C(N)=O)CC2. The lowest BCUT2D eigenvalue weighted by Gasteiger charge is -2.31. The molecule has 0 bridgehead atoms. The number of carbonyl (C=O) groups is 1. The van der Waals surface area contributed by atoms with Gasteiger partial charge in [-0.15, -0.1) is 0 Å². The van der Waals surface area contributed by atoms with Crippen LogP contribution in [0.1, 0.15) is 21.5 Å². The molecular formula is C17H19N3O3. The third kappa shape index (κ3) is 2.79. The minimum atomic E-state index is -0.466. The molecule has 1 aliphatic heterocycles. The summed E-state index contributed by atoms with van der Waals surface area (Å²) >= 11 is 0. The molecule has 0 unspecified atom stereocenters. The average molecular weight is 313 g/mol. The molecule has 0 aliphatic carbocycles. The van der Waals surface area contributed by atoms with E-state index in [1.807, 2.05) is 12.1 Å². The van der Waals surface area contributed by atoms with Crippen molar-refractivity contribution in [1.29, 1.82) is 0 Å². The third-order valence-electron chi connectivity index (χ3n) is 4.07. The minimum absolute atomic E-state index is 0.441. The standard InChI is InChI=1S/C17H19N3O3/c1-22-14-8-11-5-7-20(10-12(11)9-15(14)23-2)17-13(16(18)21)4-3-6-19-17/h3-4,6,8-9H,5,7,10H2,1-2H3,(H2,18,21). The van der Waals surface area contributed by atoms with Crippen LogP contribution >= 0.6 is 0 Å². The number of hydrogen-bond donors (Lipinski definition) is 1. The van der Waals surface area contributed by atoms with Crippen LogP contribution in [0.5, 0.6) is 11.5 Å². The van der Waals surface area contributed by atoms with Crippen molar-refractivity contribution in [3.8, 4) is 11.5 Å². The topological polar surface area (TPSA) is 77.7 Å². The Morgan fingerprint density at radius 1 is 1.22 bits per heavy atom. The van der Waals surface area contributed by atoms with Crippen molar-refractivity contribution < 1.29 is 14.3 Å². The Balaban J connectivity index is 1.96. The van der Waals surface area contributed by atoms with Crippen molar-refractivity contribution in [3.05, 3.63) is 47.2 Å². The summed E-state index contributed by atoms with van der Waals surface area (Å²) in [6, 6.07) is 7.41. The van der Waals surface area contributed by atoms with Crippen molar-refractivity contribution in [1.82, 2.24) is 4.98 Å². The van der Waals surface area contributed by atoms with E-state index in [1.165, 1.54) is 5.56 Å². The minimum Gasteiger partial charge on any atom is -0.493 e. The molecule has 0 saturated heterocycles. The molecule has 1 aromatic heterocycles. The molecule has 6 heteroatoms. The highest BCUT2D eigenvalue weighted by atomic mass is 16.5. The van der Waals surface area contributed by atoms with Crippen LogP contribution < -0.4 is 20.1 Å². The number of fused-ring (bicyclic) bond motifs is 1. The van der Waals surface area contributed by atoms with Gasteiger partial charge in [0.25, 0.3) is 5.91 Å². The average Bonchev–Trinajstić information content (AvgIpc) is 2.59. The van der Waals surface area contributed by atoms with Crippen LogP contribution in [0.4, 0.5) is 5.82 Å². The number of rotatable bonds is 4. The highest BCUT2D eigenvalue weighted by molar-refractivity contribution is 5.97. The molecule has 0 radical (unpaired) electrons. The molecule has 1 aromatic carbocycles. The number of methoxy groups -OCH3 is 2. The first kappa shape index (κ1) is 15.1. The van der Waals surface area contributed by atoms with E-state index in [4.69, 9.17) is 15.2 Å². The number of amides is 1. The van der Waals surface area contributed by atoms with E-state index in [0.29, 0.717) is 23.7 Å². The molecule has 3 rings (SSSR count). The molecule has 0 spiro atoms. The van der Waals surface area contributed by atoms with E-state index < -0.39 is 5.91 Å². The monoisotopic (exact) mass is 313 g/mol. The molecule has 1 aliphatic rings. The Kier molecular flexibility index (Phi) is 4.06. The van der Waals surface area contributed by atoms with E-state index in [1.54, 1.807) is 32.5 Å². The summed E-state index contributed by atoms with van der Waals surface area (Å²) in [5.74, 6) is 1.59. The van der Waals surface area contributed by atoms with Crippen molar-refractivity contribution in [2.24, 2.45) is 5.73 Å². The molecule has 0 atom stereocenters. The van der Waals surface area contributed by atoms with Crippen molar-refractivity contribution >= 4 is 11.7 Å². The number of aromatic nitrogens is 1. The largest absolute Gasteiger partial charge is 0.493 e. The van der Waals surface area contributed by atoms with Gasteiger partial charge in [-0.25, -0.2) is 4.98 Å². The van der Waals surface area contributed by atoms with Crippen LogP contribution in [0.2, 0.25) is 0 Å². The van der Waals surface area contributed by atoms with E-state index >= 15 is 0 Å². The zero-order valence-corrected chi connectivity index (χ0v) is 13.2. The predicted octanol–water partition coefficient (Wildman–Crippen LogP) is 1.76. The zero-order valence-electron chi connectivity index (χ0n) is 13.2. The fraction of sp³-hybridized carbons (Fsp3) is 0.294. The number of anilines is 1. The summed E-state index contributed by atoms with van der Waals surface area (Å²) in [5.41, 5.74) is 8.25. The molecule has 2 heterocycles. The van der Waals surface area contributed by atoms with Crippen LogP contribution in [0.15, 0.2) is 30.5 Å². The van der Waals surface area contributed by atoms with E-state index in [0.717, 1.165) is 24.3 Å². The molecule has 23 heavy (non-hydrogen) atoms. The van der Waals surface area contributed by atoms with Gasteiger partial charge in [-0.2, -0.15) is 0 Å². The van der Waals surface area contributed by atoms with Gasteiger partial charge in [-0.3, -0.25) is 4.79 Å². The van der Waals surface area contributed by atoms with Gasteiger partial charge in [0.05, 0.1) is 19.8 Å². The smallest absolute Gasteiger partial charge is 0.252 e. The first-order chi connectivity index (χ1) is 11.1. The maximum atomic E-state index is 11.6. The second-order valence-electron chi connectivity index (χ2n) is 5.39. The maximum Gasteiger partial charge on any atom is 0.252 e. The summed E-state index contributed by atoms with van der Waals surface area (Å²) in [6.07, 6.45) is 2.51. The summed E-state index contributed by atoms with van der Waals surface area (Å²) in [5, 5.41) is 0. The van der Waals surface area contributed by atoms with Crippen LogP contribution in [0, 0.1) is 0 Å². The number of nitrogens with two attached hydrogens (primary N) is 1. The third-order valence-corrected chi connectivity index (χ3v) is 4.07. The number of primary amides is 1. The van der Waals surface area contributed by atoms with Crippen LogP contribution in [0.3, 0.4) is 0 Å². The molecule has 120 valence electrons. The predicted molar refractivity (Wildman–Crippen MR) is 87.1 cm³/mol. The lowest BCUT2D eigenvalue weighted by molar-refractivity contribution is 0.100. The Bertz CT molecular complexity index is 746.